The van der Waals surface area contributed by atoms with Crippen molar-refractivity contribution in [2.45, 2.75) is 6.92 Å². The van der Waals surface area contributed by atoms with Crippen molar-refractivity contribution >= 4 is 23.2 Å². The standard InChI is InChI=1S/C24H24N2O4/c1-17-6-4-8-20(14-17)26(2)24(28)18-10-12-21(13-11-18)30-16-23(27)25-19-7-5-9-22(15-19)29-3/h4-15H,16H2,1-3H3,(H,25,27). The lowest BCUT2D eigenvalue weighted by Crippen LogP contribution is -2.26. The Morgan fingerprint density at radius 2 is 1.67 bits per heavy atom. The first kappa shape index (κ1) is 20.9. The normalized spacial score (nSPS) is 10.2. The van der Waals surface area contributed by atoms with Crippen molar-refractivity contribution in [2.24, 2.45) is 0 Å². The predicted octanol–water partition coefficient (Wildman–Crippen LogP) is 4.30. The maximum Gasteiger partial charge on any atom is 0.262 e. The fraction of sp³-hybridized carbons (Fsp3) is 0.167. The average Bonchev–Trinajstić information content (AvgIpc) is 2.77. The Balaban J connectivity index is 1.56. The minimum atomic E-state index is -0.289. The molecule has 3 aromatic carbocycles. The van der Waals surface area contributed by atoms with Crippen LogP contribution in [0.15, 0.2) is 72.8 Å². The summed E-state index contributed by atoms with van der Waals surface area (Å²) in [5.74, 6) is 0.751. The molecule has 0 saturated carbocycles. The Kier molecular flexibility index (Phi) is 6.70. The highest BCUT2D eigenvalue weighted by atomic mass is 16.5. The Hall–Kier alpha value is -3.80. The molecule has 0 spiro atoms. The molecule has 0 bridgehead atoms. The van der Waals surface area contributed by atoms with Gasteiger partial charge in [0.15, 0.2) is 6.61 Å². The van der Waals surface area contributed by atoms with Gasteiger partial charge in [-0.1, -0.05) is 18.2 Å². The van der Waals surface area contributed by atoms with E-state index in [1.807, 2.05) is 31.2 Å². The molecule has 0 heterocycles. The van der Waals surface area contributed by atoms with E-state index in [4.69, 9.17) is 9.47 Å². The van der Waals surface area contributed by atoms with Crippen LogP contribution in [0, 0.1) is 6.92 Å². The smallest absolute Gasteiger partial charge is 0.262 e. The number of benzene rings is 3. The second kappa shape index (κ2) is 9.60. The highest BCUT2D eigenvalue weighted by molar-refractivity contribution is 6.05. The summed E-state index contributed by atoms with van der Waals surface area (Å²) in [6.45, 7) is 1.84. The number of methoxy groups -OCH3 is 1. The molecular weight excluding hydrogens is 380 g/mol. The van der Waals surface area contributed by atoms with Crippen LogP contribution in [0.4, 0.5) is 11.4 Å². The largest absolute Gasteiger partial charge is 0.497 e. The van der Waals surface area contributed by atoms with E-state index in [1.54, 1.807) is 67.6 Å². The molecule has 6 nitrogen and oxygen atoms in total. The lowest BCUT2D eigenvalue weighted by molar-refractivity contribution is -0.118. The van der Waals surface area contributed by atoms with E-state index in [-0.39, 0.29) is 18.4 Å². The Bertz CT molecular complexity index is 1030. The van der Waals surface area contributed by atoms with Crippen molar-refractivity contribution in [3.63, 3.8) is 0 Å². The third-order valence-corrected chi connectivity index (χ3v) is 4.52. The number of ether oxygens (including phenoxy) is 2. The number of anilines is 2. The predicted molar refractivity (Wildman–Crippen MR) is 117 cm³/mol. The van der Waals surface area contributed by atoms with Gasteiger partial charge in [-0.3, -0.25) is 9.59 Å². The molecule has 0 aromatic heterocycles. The minimum absolute atomic E-state index is 0.122. The first-order valence-electron chi connectivity index (χ1n) is 9.48. The molecule has 0 atom stereocenters. The molecule has 1 N–H and O–H groups in total. The number of rotatable bonds is 7. The van der Waals surface area contributed by atoms with Crippen molar-refractivity contribution in [2.75, 3.05) is 31.0 Å². The lowest BCUT2D eigenvalue weighted by atomic mass is 10.1. The molecule has 0 fully saturated rings. The van der Waals surface area contributed by atoms with Crippen molar-refractivity contribution in [3.05, 3.63) is 83.9 Å². The van der Waals surface area contributed by atoms with Crippen LogP contribution < -0.4 is 19.7 Å². The third-order valence-electron chi connectivity index (χ3n) is 4.52. The monoisotopic (exact) mass is 404 g/mol. The SMILES string of the molecule is COc1cccc(NC(=O)COc2ccc(C(=O)N(C)c3cccc(C)c3)cc2)c1. The van der Waals surface area contributed by atoms with E-state index < -0.39 is 0 Å². The number of hydrogen-bond donors (Lipinski definition) is 1. The molecule has 6 heteroatoms. The first-order chi connectivity index (χ1) is 14.5. The second-order valence-corrected chi connectivity index (χ2v) is 6.80. The van der Waals surface area contributed by atoms with Gasteiger partial charge in [0.1, 0.15) is 11.5 Å². The molecule has 0 saturated heterocycles. The van der Waals surface area contributed by atoms with Crippen molar-refractivity contribution in [1.82, 2.24) is 0 Å². The summed E-state index contributed by atoms with van der Waals surface area (Å²) in [6.07, 6.45) is 0. The van der Waals surface area contributed by atoms with E-state index in [0.717, 1.165) is 11.3 Å². The molecule has 2 amide bonds. The molecule has 3 rings (SSSR count). The molecule has 0 aliphatic heterocycles. The Morgan fingerprint density at radius 3 is 2.37 bits per heavy atom. The van der Waals surface area contributed by atoms with Gasteiger partial charge in [-0.15, -0.1) is 0 Å². The number of nitrogens with zero attached hydrogens (tertiary/aromatic N) is 1. The number of aryl methyl sites for hydroxylation is 1. The minimum Gasteiger partial charge on any atom is -0.497 e. The van der Waals surface area contributed by atoms with Crippen LogP contribution in [0.25, 0.3) is 0 Å². The molecule has 3 aromatic rings. The molecule has 0 aliphatic carbocycles. The number of nitrogens with one attached hydrogen (secondary N) is 1. The summed E-state index contributed by atoms with van der Waals surface area (Å²) in [6, 6.07) is 21.6. The zero-order valence-electron chi connectivity index (χ0n) is 17.2. The zero-order valence-corrected chi connectivity index (χ0v) is 17.2. The van der Waals surface area contributed by atoms with Crippen LogP contribution in [0.3, 0.4) is 0 Å². The van der Waals surface area contributed by atoms with E-state index in [1.165, 1.54) is 0 Å². The molecule has 0 radical (unpaired) electrons. The van der Waals surface area contributed by atoms with Crippen LogP contribution in [-0.4, -0.2) is 32.6 Å². The van der Waals surface area contributed by atoms with Gasteiger partial charge in [0.05, 0.1) is 7.11 Å². The summed E-state index contributed by atoms with van der Waals surface area (Å²) in [7, 11) is 3.31. The van der Waals surface area contributed by atoms with Gasteiger partial charge < -0.3 is 19.7 Å². The van der Waals surface area contributed by atoms with E-state index >= 15 is 0 Å². The van der Waals surface area contributed by atoms with Gasteiger partial charge in [-0.05, 0) is 61.0 Å². The third kappa shape index (κ3) is 5.38. The van der Waals surface area contributed by atoms with Crippen LogP contribution in [0.1, 0.15) is 15.9 Å². The molecule has 0 unspecified atom stereocenters. The number of hydrogen-bond acceptors (Lipinski definition) is 4. The number of amides is 2. The average molecular weight is 404 g/mol. The maximum atomic E-state index is 12.7. The number of carbonyl (C=O) groups is 2. The van der Waals surface area contributed by atoms with Crippen LogP contribution in [0.2, 0.25) is 0 Å². The van der Waals surface area contributed by atoms with Crippen LogP contribution >= 0.6 is 0 Å². The maximum absolute atomic E-state index is 12.7. The van der Waals surface area contributed by atoms with Gasteiger partial charge in [-0.25, -0.2) is 0 Å². The van der Waals surface area contributed by atoms with Crippen molar-refractivity contribution in [3.8, 4) is 11.5 Å². The fourth-order valence-corrected chi connectivity index (χ4v) is 2.89. The zero-order chi connectivity index (χ0) is 21.5. The van der Waals surface area contributed by atoms with Gasteiger partial charge in [0.2, 0.25) is 0 Å². The van der Waals surface area contributed by atoms with Crippen LogP contribution in [0.5, 0.6) is 11.5 Å². The van der Waals surface area contributed by atoms with E-state index in [0.29, 0.717) is 22.7 Å². The summed E-state index contributed by atoms with van der Waals surface area (Å²) in [5.41, 5.74) is 3.08. The van der Waals surface area contributed by atoms with E-state index in [9.17, 15) is 9.59 Å². The van der Waals surface area contributed by atoms with Gasteiger partial charge in [0.25, 0.3) is 11.8 Å². The van der Waals surface area contributed by atoms with Crippen molar-refractivity contribution < 1.29 is 19.1 Å². The molecule has 154 valence electrons. The summed E-state index contributed by atoms with van der Waals surface area (Å²) < 4.78 is 10.7. The lowest BCUT2D eigenvalue weighted by Gasteiger charge is -2.18. The summed E-state index contributed by atoms with van der Waals surface area (Å²) >= 11 is 0. The highest BCUT2D eigenvalue weighted by Gasteiger charge is 2.14. The van der Waals surface area contributed by atoms with Gasteiger partial charge in [0, 0.05) is 30.1 Å². The quantitative estimate of drug-likeness (QED) is 0.638. The highest BCUT2D eigenvalue weighted by Crippen LogP contribution is 2.19. The summed E-state index contributed by atoms with van der Waals surface area (Å²) in [5, 5.41) is 2.75. The number of carbonyl (C=O) groups excluding carboxylic acids is 2. The molecular formula is C24H24N2O4. The van der Waals surface area contributed by atoms with Gasteiger partial charge in [-0.2, -0.15) is 0 Å². The van der Waals surface area contributed by atoms with Crippen LogP contribution in [-0.2, 0) is 4.79 Å². The Labute approximate surface area is 176 Å². The topological polar surface area (TPSA) is 67.9 Å². The fourth-order valence-electron chi connectivity index (χ4n) is 2.89. The van der Waals surface area contributed by atoms with E-state index in [2.05, 4.69) is 5.32 Å². The second-order valence-electron chi connectivity index (χ2n) is 6.80. The first-order valence-corrected chi connectivity index (χ1v) is 9.48. The molecule has 30 heavy (non-hydrogen) atoms. The van der Waals surface area contributed by atoms with Crippen molar-refractivity contribution in [1.29, 1.82) is 0 Å². The summed E-state index contributed by atoms with van der Waals surface area (Å²) in [4.78, 5) is 26.4. The Morgan fingerprint density at radius 1 is 0.933 bits per heavy atom. The van der Waals surface area contributed by atoms with Gasteiger partial charge >= 0.3 is 0 Å². The molecule has 0 aliphatic rings.